The van der Waals surface area contributed by atoms with Crippen LogP contribution in [0.4, 0.5) is 11.4 Å². The molecule has 122 valence electrons. The van der Waals surface area contributed by atoms with Gasteiger partial charge >= 0.3 is 0 Å². The molecular formula is C19H30N2O. The summed E-state index contributed by atoms with van der Waals surface area (Å²) in [6.07, 6.45) is 8.50. The summed E-state index contributed by atoms with van der Waals surface area (Å²) in [6, 6.07) is 8.05. The van der Waals surface area contributed by atoms with Crippen molar-refractivity contribution in [2.45, 2.75) is 51.9 Å². The van der Waals surface area contributed by atoms with Gasteiger partial charge in [0.1, 0.15) is 0 Å². The first-order valence-electron chi connectivity index (χ1n) is 8.68. The summed E-state index contributed by atoms with van der Waals surface area (Å²) in [5.41, 5.74) is 2.05. The molecule has 0 unspecified atom stereocenters. The highest BCUT2D eigenvalue weighted by atomic mass is 16.1. The van der Waals surface area contributed by atoms with Crippen LogP contribution in [0, 0.1) is 11.8 Å². The zero-order chi connectivity index (χ0) is 15.9. The first-order valence-corrected chi connectivity index (χ1v) is 8.68. The van der Waals surface area contributed by atoms with E-state index in [-0.39, 0.29) is 11.8 Å². The Hall–Kier alpha value is -1.51. The maximum Gasteiger partial charge on any atom is 0.227 e. The van der Waals surface area contributed by atoms with Crippen molar-refractivity contribution in [2.75, 3.05) is 24.3 Å². The average molecular weight is 302 g/mol. The van der Waals surface area contributed by atoms with Crippen LogP contribution < -0.4 is 10.2 Å². The highest BCUT2D eigenvalue weighted by Gasteiger charge is 2.25. The number of hydrogen-bond donors (Lipinski definition) is 1. The quantitative estimate of drug-likeness (QED) is 0.827. The van der Waals surface area contributed by atoms with Gasteiger partial charge < -0.3 is 10.2 Å². The van der Waals surface area contributed by atoms with E-state index in [1.54, 1.807) is 0 Å². The van der Waals surface area contributed by atoms with Crippen LogP contribution in [0.2, 0.25) is 0 Å². The second-order valence-electron chi connectivity index (χ2n) is 6.79. The molecule has 1 aliphatic rings. The first-order chi connectivity index (χ1) is 10.6. The maximum absolute atomic E-state index is 12.4. The van der Waals surface area contributed by atoms with Crippen molar-refractivity contribution in [3.63, 3.8) is 0 Å². The second kappa shape index (κ2) is 8.21. The fraction of sp³-hybridized carbons (Fsp3) is 0.632. The monoisotopic (exact) mass is 302 g/mol. The van der Waals surface area contributed by atoms with Crippen molar-refractivity contribution in [1.82, 2.24) is 0 Å². The first kappa shape index (κ1) is 16.9. The molecule has 3 nitrogen and oxygen atoms in total. The SMILES string of the molecule is CCCCC1CCC(C(=O)Nc2ccc(N(C)C)cc2)CC1. The van der Waals surface area contributed by atoms with Gasteiger partial charge in [-0.1, -0.05) is 26.2 Å². The summed E-state index contributed by atoms with van der Waals surface area (Å²) in [4.78, 5) is 14.4. The summed E-state index contributed by atoms with van der Waals surface area (Å²) in [7, 11) is 4.04. The Morgan fingerprint density at radius 1 is 1.14 bits per heavy atom. The zero-order valence-corrected chi connectivity index (χ0v) is 14.3. The minimum atomic E-state index is 0.200. The van der Waals surface area contributed by atoms with Crippen LogP contribution in [0.1, 0.15) is 51.9 Å². The lowest BCUT2D eigenvalue weighted by Crippen LogP contribution is -2.27. The van der Waals surface area contributed by atoms with Gasteiger partial charge in [-0.15, -0.1) is 0 Å². The molecule has 1 fully saturated rings. The molecule has 0 aliphatic heterocycles. The molecule has 1 aliphatic carbocycles. The number of carbonyl (C=O) groups excluding carboxylic acids is 1. The van der Waals surface area contributed by atoms with Gasteiger partial charge in [0.2, 0.25) is 5.91 Å². The van der Waals surface area contributed by atoms with E-state index in [0.29, 0.717) is 0 Å². The molecule has 3 heteroatoms. The van der Waals surface area contributed by atoms with Gasteiger partial charge in [-0.05, 0) is 55.9 Å². The fourth-order valence-electron chi connectivity index (χ4n) is 3.29. The molecule has 1 amide bonds. The molecule has 0 heterocycles. The van der Waals surface area contributed by atoms with Crippen molar-refractivity contribution in [3.8, 4) is 0 Å². The molecule has 1 aromatic rings. The van der Waals surface area contributed by atoms with Crippen molar-refractivity contribution >= 4 is 17.3 Å². The smallest absolute Gasteiger partial charge is 0.227 e. The van der Waals surface area contributed by atoms with Crippen LogP contribution in [-0.4, -0.2) is 20.0 Å². The number of anilines is 2. The van der Waals surface area contributed by atoms with E-state index in [4.69, 9.17) is 0 Å². The highest BCUT2D eigenvalue weighted by molar-refractivity contribution is 5.92. The molecular weight excluding hydrogens is 272 g/mol. The van der Waals surface area contributed by atoms with Crippen molar-refractivity contribution < 1.29 is 4.79 Å². The van der Waals surface area contributed by atoms with Crippen LogP contribution in [0.15, 0.2) is 24.3 Å². The van der Waals surface area contributed by atoms with Gasteiger partial charge in [0, 0.05) is 31.4 Å². The Bertz CT molecular complexity index is 459. The molecule has 2 rings (SSSR count). The molecule has 0 aromatic heterocycles. The van der Waals surface area contributed by atoms with E-state index in [9.17, 15) is 4.79 Å². The molecule has 1 aromatic carbocycles. The third-order valence-corrected chi connectivity index (χ3v) is 4.83. The number of rotatable bonds is 6. The second-order valence-corrected chi connectivity index (χ2v) is 6.79. The van der Waals surface area contributed by atoms with Crippen molar-refractivity contribution in [1.29, 1.82) is 0 Å². The average Bonchev–Trinajstić information content (AvgIpc) is 2.54. The minimum Gasteiger partial charge on any atom is -0.378 e. The van der Waals surface area contributed by atoms with E-state index in [1.165, 1.54) is 32.1 Å². The minimum absolute atomic E-state index is 0.200. The molecule has 0 atom stereocenters. The van der Waals surface area contributed by atoms with Crippen molar-refractivity contribution in [2.24, 2.45) is 11.8 Å². The largest absolute Gasteiger partial charge is 0.378 e. The normalized spacial score (nSPS) is 21.4. The van der Waals surface area contributed by atoms with E-state index < -0.39 is 0 Å². The number of nitrogens with zero attached hydrogens (tertiary/aromatic N) is 1. The van der Waals surface area contributed by atoms with E-state index in [1.807, 2.05) is 38.4 Å². The lowest BCUT2D eigenvalue weighted by atomic mass is 9.79. The molecule has 0 radical (unpaired) electrons. The number of carbonyl (C=O) groups is 1. The van der Waals surface area contributed by atoms with E-state index in [0.717, 1.165) is 30.1 Å². The van der Waals surface area contributed by atoms with Crippen molar-refractivity contribution in [3.05, 3.63) is 24.3 Å². The fourth-order valence-corrected chi connectivity index (χ4v) is 3.29. The summed E-state index contributed by atoms with van der Waals surface area (Å²) in [6.45, 7) is 2.25. The maximum atomic E-state index is 12.4. The summed E-state index contributed by atoms with van der Waals surface area (Å²) in [5, 5.41) is 3.08. The van der Waals surface area contributed by atoms with Crippen LogP contribution in [0.5, 0.6) is 0 Å². The van der Waals surface area contributed by atoms with Crippen LogP contribution in [0.3, 0.4) is 0 Å². The molecule has 22 heavy (non-hydrogen) atoms. The molecule has 0 spiro atoms. The van der Waals surface area contributed by atoms with Gasteiger partial charge in [0.05, 0.1) is 0 Å². The third-order valence-electron chi connectivity index (χ3n) is 4.83. The van der Waals surface area contributed by atoms with E-state index in [2.05, 4.69) is 17.1 Å². The number of nitrogens with one attached hydrogen (secondary N) is 1. The predicted molar refractivity (Wildman–Crippen MR) is 94.4 cm³/mol. The lowest BCUT2D eigenvalue weighted by molar-refractivity contribution is -0.121. The summed E-state index contributed by atoms with van der Waals surface area (Å²) < 4.78 is 0. The lowest BCUT2D eigenvalue weighted by Gasteiger charge is -2.27. The van der Waals surface area contributed by atoms with Crippen LogP contribution in [0.25, 0.3) is 0 Å². The van der Waals surface area contributed by atoms with E-state index >= 15 is 0 Å². The molecule has 0 bridgehead atoms. The molecule has 1 saturated carbocycles. The Balaban J connectivity index is 1.80. The number of benzene rings is 1. The van der Waals surface area contributed by atoms with Gasteiger partial charge in [0.15, 0.2) is 0 Å². The third kappa shape index (κ3) is 4.75. The Labute approximate surface area is 135 Å². The zero-order valence-electron chi connectivity index (χ0n) is 14.3. The number of hydrogen-bond acceptors (Lipinski definition) is 2. The van der Waals surface area contributed by atoms with Crippen LogP contribution >= 0.6 is 0 Å². The Kier molecular flexibility index (Phi) is 6.29. The molecule has 0 saturated heterocycles. The molecule has 1 N–H and O–H groups in total. The predicted octanol–water partition coefficient (Wildman–Crippen LogP) is 4.69. The number of unbranched alkanes of at least 4 members (excludes halogenated alkanes) is 1. The topological polar surface area (TPSA) is 32.3 Å². The number of amides is 1. The summed E-state index contributed by atoms with van der Waals surface area (Å²) >= 11 is 0. The van der Waals surface area contributed by atoms with Gasteiger partial charge in [-0.2, -0.15) is 0 Å². The Morgan fingerprint density at radius 3 is 2.32 bits per heavy atom. The highest BCUT2D eigenvalue weighted by Crippen LogP contribution is 2.32. The Morgan fingerprint density at radius 2 is 1.77 bits per heavy atom. The van der Waals surface area contributed by atoms with Gasteiger partial charge in [-0.3, -0.25) is 4.79 Å². The standard InChI is InChI=1S/C19H30N2O/c1-4-5-6-15-7-9-16(10-8-15)19(22)20-17-11-13-18(14-12-17)21(2)3/h11-16H,4-10H2,1-3H3,(H,20,22). The van der Waals surface area contributed by atoms with Crippen LogP contribution in [-0.2, 0) is 4.79 Å². The summed E-state index contributed by atoms with van der Waals surface area (Å²) in [5.74, 6) is 1.25. The van der Waals surface area contributed by atoms with Gasteiger partial charge in [0.25, 0.3) is 0 Å². The van der Waals surface area contributed by atoms with Gasteiger partial charge in [-0.25, -0.2) is 0 Å².